The standard InChI is InChI=1S/C10H18N2O2/c1-7(14-3)6-12-8(2)11-10(4-5-10)9(12)13/h7-8,11H,4-6H2,1-3H3. The van der Waals surface area contributed by atoms with Crippen molar-refractivity contribution in [2.24, 2.45) is 0 Å². The van der Waals surface area contributed by atoms with Gasteiger partial charge in [0.2, 0.25) is 5.91 Å². The van der Waals surface area contributed by atoms with Crippen LogP contribution in [-0.2, 0) is 9.53 Å². The maximum Gasteiger partial charge on any atom is 0.244 e. The lowest BCUT2D eigenvalue weighted by atomic mass is 10.2. The largest absolute Gasteiger partial charge is 0.380 e. The second kappa shape index (κ2) is 3.21. The zero-order valence-electron chi connectivity index (χ0n) is 9.04. The van der Waals surface area contributed by atoms with E-state index in [0.29, 0.717) is 6.54 Å². The Hall–Kier alpha value is -0.610. The topological polar surface area (TPSA) is 41.6 Å². The van der Waals surface area contributed by atoms with Gasteiger partial charge in [-0.15, -0.1) is 0 Å². The predicted octanol–water partition coefficient (Wildman–Crippen LogP) is 0.332. The smallest absolute Gasteiger partial charge is 0.244 e. The molecule has 2 atom stereocenters. The first-order chi connectivity index (χ1) is 6.59. The molecule has 4 heteroatoms. The zero-order valence-corrected chi connectivity index (χ0v) is 9.04. The number of nitrogens with one attached hydrogen (secondary N) is 1. The lowest BCUT2D eigenvalue weighted by Crippen LogP contribution is -2.40. The van der Waals surface area contributed by atoms with Crippen molar-refractivity contribution < 1.29 is 9.53 Å². The number of amides is 1. The van der Waals surface area contributed by atoms with Crippen LogP contribution >= 0.6 is 0 Å². The van der Waals surface area contributed by atoms with Crippen LogP contribution in [0, 0.1) is 0 Å². The molecule has 1 saturated heterocycles. The molecule has 1 aliphatic carbocycles. The molecule has 2 fully saturated rings. The summed E-state index contributed by atoms with van der Waals surface area (Å²) in [5.74, 6) is 0.258. The molecule has 1 aliphatic heterocycles. The number of hydrogen-bond donors (Lipinski definition) is 1. The number of hydrogen-bond acceptors (Lipinski definition) is 3. The number of carbonyl (C=O) groups excluding carboxylic acids is 1. The van der Waals surface area contributed by atoms with E-state index < -0.39 is 0 Å². The fourth-order valence-corrected chi connectivity index (χ4v) is 2.07. The van der Waals surface area contributed by atoms with Crippen LogP contribution in [0.25, 0.3) is 0 Å². The Balaban J connectivity index is 2.01. The third kappa shape index (κ3) is 1.42. The molecule has 14 heavy (non-hydrogen) atoms. The summed E-state index contributed by atoms with van der Waals surface area (Å²) in [6.07, 6.45) is 2.25. The maximum absolute atomic E-state index is 12.0. The van der Waals surface area contributed by atoms with Crippen LogP contribution in [0.4, 0.5) is 0 Å². The third-order valence-corrected chi connectivity index (χ3v) is 3.23. The first-order valence-corrected chi connectivity index (χ1v) is 5.20. The van der Waals surface area contributed by atoms with E-state index in [1.54, 1.807) is 7.11 Å². The number of ether oxygens (including phenoxy) is 1. The van der Waals surface area contributed by atoms with E-state index in [-0.39, 0.29) is 23.7 Å². The van der Waals surface area contributed by atoms with E-state index in [4.69, 9.17) is 4.74 Å². The first-order valence-electron chi connectivity index (χ1n) is 5.20. The molecule has 1 amide bonds. The van der Waals surface area contributed by atoms with Crippen molar-refractivity contribution in [2.75, 3.05) is 13.7 Å². The van der Waals surface area contributed by atoms with Gasteiger partial charge in [-0.05, 0) is 26.7 Å². The molecule has 1 heterocycles. The summed E-state index contributed by atoms with van der Waals surface area (Å²) < 4.78 is 5.18. The van der Waals surface area contributed by atoms with Gasteiger partial charge in [0.15, 0.2) is 0 Å². The van der Waals surface area contributed by atoms with Crippen molar-refractivity contribution in [3.05, 3.63) is 0 Å². The van der Waals surface area contributed by atoms with Gasteiger partial charge in [0.1, 0.15) is 0 Å². The van der Waals surface area contributed by atoms with Crippen molar-refractivity contribution in [3.8, 4) is 0 Å². The van der Waals surface area contributed by atoms with Crippen LogP contribution in [0.2, 0.25) is 0 Å². The Kier molecular flexibility index (Phi) is 2.27. The molecule has 4 nitrogen and oxygen atoms in total. The van der Waals surface area contributed by atoms with Crippen LogP contribution in [0.3, 0.4) is 0 Å². The second-order valence-electron chi connectivity index (χ2n) is 4.41. The molecular formula is C10H18N2O2. The average molecular weight is 198 g/mol. The van der Waals surface area contributed by atoms with Gasteiger partial charge in [-0.1, -0.05) is 0 Å². The molecule has 0 aromatic carbocycles. The van der Waals surface area contributed by atoms with E-state index in [9.17, 15) is 4.79 Å². The Morgan fingerprint density at radius 1 is 1.71 bits per heavy atom. The minimum atomic E-state index is -0.188. The molecule has 0 aromatic rings. The Morgan fingerprint density at radius 2 is 2.36 bits per heavy atom. The number of nitrogens with zero attached hydrogens (tertiary/aromatic N) is 1. The molecule has 2 aliphatic rings. The first kappa shape index (κ1) is 9.93. The summed E-state index contributed by atoms with van der Waals surface area (Å²) in [6, 6.07) is 0. The molecular weight excluding hydrogens is 180 g/mol. The van der Waals surface area contributed by atoms with Crippen molar-refractivity contribution in [1.29, 1.82) is 0 Å². The quantitative estimate of drug-likeness (QED) is 0.710. The molecule has 2 unspecified atom stereocenters. The Bertz CT molecular complexity index is 251. The highest BCUT2D eigenvalue weighted by Crippen LogP contribution is 2.41. The van der Waals surface area contributed by atoms with Gasteiger partial charge in [0.25, 0.3) is 0 Å². The maximum atomic E-state index is 12.0. The van der Waals surface area contributed by atoms with Gasteiger partial charge < -0.3 is 9.64 Å². The number of carbonyl (C=O) groups is 1. The van der Waals surface area contributed by atoms with E-state index in [1.165, 1.54) is 0 Å². The summed E-state index contributed by atoms with van der Waals surface area (Å²) in [7, 11) is 1.68. The fourth-order valence-electron chi connectivity index (χ4n) is 2.07. The SMILES string of the molecule is COC(C)CN1C(=O)C2(CC2)NC1C. The van der Waals surface area contributed by atoms with Crippen molar-refractivity contribution in [3.63, 3.8) is 0 Å². The van der Waals surface area contributed by atoms with E-state index in [0.717, 1.165) is 12.8 Å². The average Bonchev–Trinajstić information content (AvgIpc) is 2.89. The van der Waals surface area contributed by atoms with Gasteiger partial charge >= 0.3 is 0 Å². The molecule has 1 spiro atoms. The summed E-state index contributed by atoms with van der Waals surface area (Å²) >= 11 is 0. The summed E-state index contributed by atoms with van der Waals surface area (Å²) in [5.41, 5.74) is -0.188. The number of methoxy groups -OCH3 is 1. The van der Waals surface area contributed by atoms with Crippen molar-refractivity contribution in [1.82, 2.24) is 10.2 Å². The summed E-state index contributed by atoms with van der Waals surface area (Å²) in [4.78, 5) is 13.8. The Morgan fingerprint density at radius 3 is 2.79 bits per heavy atom. The summed E-state index contributed by atoms with van der Waals surface area (Å²) in [5, 5.41) is 3.35. The minimum Gasteiger partial charge on any atom is -0.380 e. The highest BCUT2D eigenvalue weighted by molar-refractivity contribution is 5.91. The third-order valence-electron chi connectivity index (χ3n) is 3.23. The van der Waals surface area contributed by atoms with Gasteiger partial charge in [-0.3, -0.25) is 10.1 Å². The molecule has 1 saturated carbocycles. The predicted molar refractivity (Wildman–Crippen MR) is 52.7 cm³/mol. The molecule has 80 valence electrons. The molecule has 1 N–H and O–H groups in total. The lowest BCUT2D eigenvalue weighted by molar-refractivity contribution is -0.132. The zero-order chi connectivity index (χ0) is 10.3. The van der Waals surface area contributed by atoms with Crippen LogP contribution < -0.4 is 5.32 Å². The number of rotatable bonds is 3. The van der Waals surface area contributed by atoms with Crippen molar-refractivity contribution >= 4 is 5.91 Å². The lowest BCUT2D eigenvalue weighted by Gasteiger charge is -2.23. The minimum absolute atomic E-state index is 0.108. The Labute approximate surface area is 84.6 Å². The van der Waals surface area contributed by atoms with Gasteiger partial charge in [0.05, 0.1) is 17.8 Å². The fraction of sp³-hybridized carbons (Fsp3) is 0.900. The van der Waals surface area contributed by atoms with Gasteiger partial charge in [-0.2, -0.15) is 0 Å². The monoisotopic (exact) mass is 198 g/mol. The van der Waals surface area contributed by atoms with Crippen LogP contribution in [-0.4, -0.2) is 42.3 Å². The van der Waals surface area contributed by atoms with Crippen LogP contribution in [0.1, 0.15) is 26.7 Å². The van der Waals surface area contributed by atoms with Crippen LogP contribution in [0.15, 0.2) is 0 Å². The van der Waals surface area contributed by atoms with Crippen LogP contribution in [0.5, 0.6) is 0 Å². The highest BCUT2D eigenvalue weighted by Gasteiger charge is 2.58. The highest BCUT2D eigenvalue weighted by atomic mass is 16.5. The molecule has 0 radical (unpaired) electrons. The van der Waals surface area contributed by atoms with E-state index in [1.807, 2.05) is 18.7 Å². The molecule has 0 aromatic heterocycles. The van der Waals surface area contributed by atoms with Gasteiger partial charge in [0, 0.05) is 13.7 Å². The van der Waals surface area contributed by atoms with Gasteiger partial charge in [-0.25, -0.2) is 0 Å². The van der Waals surface area contributed by atoms with Crippen molar-refractivity contribution in [2.45, 2.75) is 44.5 Å². The summed E-state index contributed by atoms with van der Waals surface area (Å²) in [6.45, 7) is 4.70. The second-order valence-corrected chi connectivity index (χ2v) is 4.41. The van der Waals surface area contributed by atoms with E-state index >= 15 is 0 Å². The molecule has 0 bridgehead atoms. The van der Waals surface area contributed by atoms with E-state index in [2.05, 4.69) is 5.32 Å². The molecule has 2 rings (SSSR count). The normalized spacial score (nSPS) is 31.2.